The van der Waals surface area contributed by atoms with Crippen LogP contribution < -0.4 is 5.32 Å². The van der Waals surface area contributed by atoms with E-state index in [0.29, 0.717) is 25.5 Å². The number of nitrogens with zero attached hydrogens (tertiary/aromatic N) is 2. The van der Waals surface area contributed by atoms with Crippen molar-refractivity contribution in [2.75, 3.05) is 39.2 Å². The van der Waals surface area contributed by atoms with Crippen LogP contribution in [0.25, 0.3) is 0 Å². The maximum absolute atomic E-state index is 12.4. The zero-order valence-corrected chi connectivity index (χ0v) is 11.7. The minimum Gasteiger partial charge on any atom is -0.383 e. The van der Waals surface area contributed by atoms with E-state index in [9.17, 15) is 8.42 Å². The Morgan fingerprint density at radius 1 is 1.50 bits per heavy atom. The van der Waals surface area contributed by atoms with E-state index in [-0.39, 0.29) is 4.90 Å². The van der Waals surface area contributed by atoms with Crippen molar-refractivity contribution in [1.82, 2.24) is 9.29 Å². The van der Waals surface area contributed by atoms with E-state index in [1.54, 1.807) is 21.1 Å². The van der Waals surface area contributed by atoms with Gasteiger partial charge in [-0.2, -0.15) is 4.31 Å². The Balaban J connectivity index is 3.02. The van der Waals surface area contributed by atoms with Crippen molar-refractivity contribution in [3.05, 3.63) is 18.3 Å². The third-order valence-electron chi connectivity index (χ3n) is 2.52. The molecule has 0 aliphatic rings. The molecule has 0 saturated carbocycles. The first kappa shape index (κ1) is 14.9. The fraction of sp³-hybridized carbons (Fsp3) is 0.545. The van der Waals surface area contributed by atoms with Crippen LogP contribution in [0.15, 0.2) is 23.2 Å². The standard InChI is InChI=1S/C11H19N3O3S/c1-4-14(7-8-17-3)18(15,16)10-5-6-13-11(9-10)12-2/h5-6,9H,4,7-8H2,1-3H3,(H,12,13). The molecule has 1 heterocycles. The maximum atomic E-state index is 12.4. The summed E-state index contributed by atoms with van der Waals surface area (Å²) in [5.41, 5.74) is 0. The number of methoxy groups -OCH3 is 1. The van der Waals surface area contributed by atoms with Crippen LogP contribution in [0.1, 0.15) is 6.92 Å². The molecule has 18 heavy (non-hydrogen) atoms. The highest BCUT2D eigenvalue weighted by Gasteiger charge is 2.23. The molecule has 0 atom stereocenters. The molecular formula is C11H19N3O3S. The summed E-state index contributed by atoms with van der Waals surface area (Å²) in [5.74, 6) is 0.527. The van der Waals surface area contributed by atoms with Gasteiger partial charge in [0.1, 0.15) is 5.82 Å². The Morgan fingerprint density at radius 2 is 2.22 bits per heavy atom. The molecule has 7 heteroatoms. The average molecular weight is 273 g/mol. The Kier molecular flexibility index (Phi) is 5.52. The quantitative estimate of drug-likeness (QED) is 0.795. The lowest BCUT2D eigenvalue weighted by atomic mass is 10.5. The van der Waals surface area contributed by atoms with Crippen molar-refractivity contribution < 1.29 is 13.2 Å². The first-order chi connectivity index (χ1) is 8.56. The monoisotopic (exact) mass is 273 g/mol. The van der Waals surface area contributed by atoms with Gasteiger partial charge in [0, 0.05) is 39.5 Å². The van der Waals surface area contributed by atoms with E-state index in [2.05, 4.69) is 10.3 Å². The van der Waals surface area contributed by atoms with Crippen LogP contribution in [0.2, 0.25) is 0 Å². The predicted octanol–water partition coefficient (Wildman–Crippen LogP) is 0.780. The number of nitrogens with one attached hydrogen (secondary N) is 1. The van der Waals surface area contributed by atoms with Crippen molar-refractivity contribution in [3.8, 4) is 0 Å². The van der Waals surface area contributed by atoms with Crippen molar-refractivity contribution >= 4 is 15.8 Å². The van der Waals surface area contributed by atoms with Gasteiger partial charge < -0.3 is 10.1 Å². The number of hydrogen-bond acceptors (Lipinski definition) is 5. The van der Waals surface area contributed by atoms with Gasteiger partial charge in [0.05, 0.1) is 11.5 Å². The lowest BCUT2D eigenvalue weighted by molar-refractivity contribution is 0.180. The van der Waals surface area contributed by atoms with Gasteiger partial charge in [-0.05, 0) is 6.07 Å². The fourth-order valence-electron chi connectivity index (χ4n) is 1.50. The largest absolute Gasteiger partial charge is 0.383 e. The minimum absolute atomic E-state index is 0.236. The summed E-state index contributed by atoms with van der Waals surface area (Å²) in [6, 6.07) is 3.01. The van der Waals surface area contributed by atoms with Gasteiger partial charge in [-0.1, -0.05) is 6.92 Å². The molecule has 1 N–H and O–H groups in total. The minimum atomic E-state index is -3.48. The maximum Gasteiger partial charge on any atom is 0.243 e. The van der Waals surface area contributed by atoms with Crippen LogP contribution in [0.5, 0.6) is 0 Å². The van der Waals surface area contributed by atoms with E-state index in [1.165, 1.54) is 22.6 Å². The lowest BCUT2D eigenvalue weighted by Crippen LogP contribution is -2.33. The number of anilines is 1. The van der Waals surface area contributed by atoms with Crippen molar-refractivity contribution in [2.24, 2.45) is 0 Å². The van der Waals surface area contributed by atoms with Crippen LogP contribution >= 0.6 is 0 Å². The Bertz CT molecular complexity index is 476. The summed E-state index contributed by atoms with van der Waals surface area (Å²) in [6.07, 6.45) is 1.48. The van der Waals surface area contributed by atoms with Gasteiger partial charge in [0.25, 0.3) is 0 Å². The average Bonchev–Trinajstić information content (AvgIpc) is 2.39. The molecule has 6 nitrogen and oxygen atoms in total. The second kappa shape index (κ2) is 6.67. The molecule has 0 radical (unpaired) electrons. The third kappa shape index (κ3) is 3.41. The van der Waals surface area contributed by atoms with Crippen molar-refractivity contribution in [3.63, 3.8) is 0 Å². The van der Waals surface area contributed by atoms with Crippen LogP contribution in [0, 0.1) is 0 Å². The molecule has 0 unspecified atom stereocenters. The molecule has 0 spiro atoms. The van der Waals surface area contributed by atoms with E-state index >= 15 is 0 Å². The first-order valence-corrected chi connectivity index (χ1v) is 7.13. The second-order valence-electron chi connectivity index (χ2n) is 3.62. The molecule has 0 aliphatic heterocycles. The highest BCUT2D eigenvalue weighted by Crippen LogP contribution is 2.17. The molecular weight excluding hydrogens is 254 g/mol. The molecule has 0 aromatic carbocycles. The number of sulfonamides is 1. The Labute approximate surface area is 108 Å². The molecule has 1 rings (SSSR count). The van der Waals surface area contributed by atoms with E-state index in [1.807, 2.05) is 0 Å². The summed E-state index contributed by atoms with van der Waals surface area (Å²) in [4.78, 5) is 4.24. The van der Waals surface area contributed by atoms with Gasteiger partial charge in [0.15, 0.2) is 0 Å². The van der Waals surface area contributed by atoms with Gasteiger partial charge in [-0.3, -0.25) is 0 Å². The van der Waals surface area contributed by atoms with Crippen LogP contribution in [0.3, 0.4) is 0 Å². The van der Waals surface area contributed by atoms with E-state index < -0.39 is 10.0 Å². The molecule has 0 saturated heterocycles. The van der Waals surface area contributed by atoms with E-state index in [0.717, 1.165) is 0 Å². The predicted molar refractivity (Wildman–Crippen MR) is 70.1 cm³/mol. The van der Waals surface area contributed by atoms with Crippen LogP contribution in [-0.2, 0) is 14.8 Å². The molecule has 0 aliphatic carbocycles. The van der Waals surface area contributed by atoms with Crippen LogP contribution in [-0.4, -0.2) is 51.6 Å². The molecule has 1 aromatic heterocycles. The zero-order valence-electron chi connectivity index (χ0n) is 10.9. The van der Waals surface area contributed by atoms with Gasteiger partial charge in [-0.15, -0.1) is 0 Å². The van der Waals surface area contributed by atoms with Gasteiger partial charge >= 0.3 is 0 Å². The van der Waals surface area contributed by atoms with Crippen molar-refractivity contribution in [2.45, 2.75) is 11.8 Å². The van der Waals surface area contributed by atoms with Crippen LogP contribution in [0.4, 0.5) is 5.82 Å². The number of pyridine rings is 1. The third-order valence-corrected chi connectivity index (χ3v) is 4.49. The summed E-state index contributed by atoms with van der Waals surface area (Å²) >= 11 is 0. The summed E-state index contributed by atoms with van der Waals surface area (Å²) in [7, 11) is -0.239. The number of rotatable bonds is 7. The SMILES string of the molecule is CCN(CCOC)S(=O)(=O)c1ccnc(NC)c1. The molecule has 1 aromatic rings. The molecule has 0 amide bonds. The number of likely N-dealkylation sites (N-methyl/N-ethyl adjacent to an activating group) is 1. The number of ether oxygens (including phenoxy) is 1. The van der Waals surface area contributed by atoms with Gasteiger partial charge in [0.2, 0.25) is 10.0 Å². The summed E-state index contributed by atoms with van der Waals surface area (Å²) in [6.45, 7) is 2.92. The zero-order chi connectivity index (χ0) is 13.6. The Morgan fingerprint density at radius 3 is 2.78 bits per heavy atom. The molecule has 102 valence electrons. The first-order valence-electron chi connectivity index (χ1n) is 5.69. The highest BCUT2D eigenvalue weighted by atomic mass is 32.2. The lowest BCUT2D eigenvalue weighted by Gasteiger charge is -2.20. The summed E-state index contributed by atoms with van der Waals surface area (Å²) < 4.78 is 31.0. The fourth-order valence-corrected chi connectivity index (χ4v) is 2.95. The normalized spacial score (nSPS) is 11.8. The van der Waals surface area contributed by atoms with E-state index in [4.69, 9.17) is 4.74 Å². The summed E-state index contributed by atoms with van der Waals surface area (Å²) in [5, 5.41) is 2.82. The highest BCUT2D eigenvalue weighted by molar-refractivity contribution is 7.89. The van der Waals surface area contributed by atoms with Gasteiger partial charge in [-0.25, -0.2) is 13.4 Å². The number of aromatic nitrogens is 1. The second-order valence-corrected chi connectivity index (χ2v) is 5.55. The topological polar surface area (TPSA) is 71.5 Å². The smallest absolute Gasteiger partial charge is 0.243 e. The van der Waals surface area contributed by atoms with Crippen molar-refractivity contribution in [1.29, 1.82) is 0 Å². The molecule has 0 bridgehead atoms. The Hall–Kier alpha value is -1.18. The number of hydrogen-bond donors (Lipinski definition) is 1. The molecule has 0 fully saturated rings.